The minimum absolute atomic E-state index is 0.0235. The van der Waals surface area contributed by atoms with Gasteiger partial charge in [-0.25, -0.2) is 12.7 Å². The van der Waals surface area contributed by atoms with Crippen LogP contribution in [0, 0.1) is 6.92 Å². The molecular formula is C13H18F3NO3S. The second-order valence-corrected chi connectivity index (χ2v) is 6.96. The van der Waals surface area contributed by atoms with Gasteiger partial charge < -0.3 is 5.11 Å². The van der Waals surface area contributed by atoms with Crippen molar-refractivity contribution in [2.45, 2.75) is 37.4 Å². The lowest BCUT2D eigenvalue weighted by molar-refractivity contribution is -0.137. The maximum Gasteiger partial charge on any atom is 0.416 e. The second kappa shape index (κ2) is 6.33. The molecule has 4 nitrogen and oxygen atoms in total. The van der Waals surface area contributed by atoms with Crippen molar-refractivity contribution in [2.75, 3.05) is 13.6 Å². The molecule has 1 aromatic rings. The molecule has 1 rings (SSSR count). The van der Waals surface area contributed by atoms with Gasteiger partial charge in [-0.3, -0.25) is 0 Å². The largest absolute Gasteiger partial charge is 0.416 e. The number of aliphatic hydroxyl groups is 1. The number of benzene rings is 1. The van der Waals surface area contributed by atoms with E-state index in [1.54, 1.807) is 0 Å². The van der Waals surface area contributed by atoms with E-state index < -0.39 is 27.9 Å². The summed E-state index contributed by atoms with van der Waals surface area (Å²) < 4.78 is 63.7. The molecule has 0 saturated heterocycles. The smallest absolute Gasteiger partial charge is 0.393 e. The van der Waals surface area contributed by atoms with Gasteiger partial charge in [-0.15, -0.1) is 0 Å². The van der Waals surface area contributed by atoms with Crippen LogP contribution in [0.3, 0.4) is 0 Å². The Balaban J connectivity index is 3.19. The van der Waals surface area contributed by atoms with E-state index >= 15 is 0 Å². The van der Waals surface area contributed by atoms with Crippen LogP contribution in [0.2, 0.25) is 0 Å². The molecule has 0 aliphatic heterocycles. The monoisotopic (exact) mass is 325 g/mol. The van der Waals surface area contributed by atoms with Crippen molar-refractivity contribution >= 4 is 10.0 Å². The van der Waals surface area contributed by atoms with E-state index in [2.05, 4.69) is 0 Å². The summed E-state index contributed by atoms with van der Waals surface area (Å²) in [4.78, 5) is -0.370. The molecule has 8 heteroatoms. The average Bonchev–Trinajstić information content (AvgIpc) is 2.34. The Morgan fingerprint density at radius 1 is 1.33 bits per heavy atom. The topological polar surface area (TPSA) is 57.6 Å². The van der Waals surface area contributed by atoms with Crippen molar-refractivity contribution in [3.05, 3.63) is 29.3 Å². The first-order chi connectivity index (χ1) is 9.46. The second-order valence-electron chi connectivity index (χ2n) is 4.94. The zero-order chi connectivity index (χ0) is 16.4. The summed E-state index contributed by atoms with van der Waals surface area (Å²) in [5.41, 5.74) is -0.762. The van der Waals surface area contributed by atoms with Crippen molar-refractivity contribution in [1.29, 1.82) is 0 Å². The van der Waals surface area contributed by atoms with E-state index in [1.807, 2.05) is 0 Å². The van der Waals surface area contributed by atoms with Gasteiger partial charge in [0.2, 0.25) is 10.0 Å². The van der Waals surface area contributed by atoms with Gasteiger partial charge >= 0.3 is 6.18 Å². The molecule has 0 fully saturated rings. The van der Waals surface area contributed by atoms with Gasteiger partial charge in [0.15, 0.2) is 0 Å². The number of alkyl halides is 3. The quantitative estimate of drug-likeness (QED) is 0.904. The zero-order valence-corrected chi connectivity index (χ0v) is 12.8. The third-order valence-corrected chi connectivity index (χ3v) is 5.06. The third kappa shape index (κ3) is 4.42. The number of aliphatic hydroxyl groups excluding tert-OH is 1. The van der Waals surface area contributed by atoms with Gasteiger partial charge in [-0.1, -0.05) is 6.07 Å². The Hall–Kier alpha value is -1.12. The normalized spacial score (nSPS) is 14.5. The predicted octanol–water partition coefficient (Wildman–Crippen LogP) is 2.41. The molecule has 0 bridgehead atoms. The highest BCUT2D eigenvalue weighted by atomic mass is 32.2. The van der Waals surface area contributed by atoms with Crippen LogP contribution in [0.4, 0.5) is 13.2 Å². The van der Waals surface area contributed by atoms with Crippen LogP contribution in [0.5, 0.6) is 0 Å². The van der Waals surface area contributed by atoms with Crippen molar-refractivity contribution in [3.8, 4) is 0 Å². The molecule has 0 aliphatic carbocycles. The van der Waals surface area contributed by atoms with E-state index in [9.17, 15) is 26.7 Å². The minimum atomic E-state index is -4.60. The number of hydrogen-bond donors (Lipinski definition) is 1. The van der Waals surface area contributed by atoms with Gasteiger partial charge in [-0.2, -0.15) is 13.2 Å². The van der Waals surface area contributed by atoms with Crippen LogP contribution in [0.25, 0.3) is 0 Å². The molecule has 1 N–H and O–H groups in total. The maximum atomic E-state index is 12.7. The molecule has 0 saturated carbocycles. The first-order valence-corrected chi connectivity index (χ1v) is 7.72. The van der Waals surface area contributed by atoms with Crippen LogP contribution in [0.15, 0.2) is 23.1 Å². The number of hydrogen-bond acceptors (Lipinski definition) is 3. The fraction of sp³-hybridized carbons (Fsp3) is 0.538. The molecule has 0 amide bonds. The molecule has 1 atom stereocenters. The fourth-order valence-corrected chi connectivity index (χ4v) is 3.14. The van der Waals surface area contributed by atoms with Gasteiger partial charge in [-0.05, 0) is 38.0 Å². The van der Waals surface area contributed by atoms with Crippen LogP contribution < -0.4 is 0 Å². The minimum Gasteiger partial charge on any atom is -0.393 e. The van der Waals surface area contributed by atoms with Crippen molar-refractivity contribution in [1.82, 2.24) is 4.31 Å². The lowest BCUT2D eigenvalue weighted by Gasteiger charge is -2.20. The Bertz CT molecular complexity index is 597. The maximum absolute atomic E-state index is 12.7. The lowest BCUT2D eigenvalue weighted by atomic mass is 10.1. The molecule has 0 heterocycles. The Morgan fingerprint density at radius 2 is 1.90 bits per heavy atom. The first-order valence-electron chi connectivity index (χ1n) is 6.28. The van der Waals surface area contributed by atoms with Crippen molar-refractivity contribution < 1.29 is 26.7 Å². The summed E-state index contributed by atoms with van der Waals surface area (Å²) in [6, 6.07) is 2.63. The van der Waals surface area contributed by atoms with Crippen LogP contribution in [-0.4, -0.2) is 37.5 Å². The summed E-state index contributed by atoms with van der Waals surface area (Å²) in [5.74, 6) is 0. The molecule has 0 spiro atoms. The Labute approximate surface area is 122 Å². The molecule has 0 radical (unpaired) electrons. The number of nitrogens with zero attached hydrogens (tertiary/aromatic N) is 1. The van der Waals surface area contributed by atoms with Crippen LogP contribution in [0.1, 0.15) is 24.5 Å². The zero-order valence-electron chi connectivity index (χ0n) is 12.0. The van der Waals surface area contributed by atoms with Gasteiger partial charge in [0.25, 0.3) is 0 Å². The number of rotatable bonds is 5. The molecule has 1 aromatic carbocycles. The number of halogens is 3. The highest BCUT2D eigenvalue weighted by Gasteiger charge is 2.33. The average molecular weight is 325 g/mol. The fourth-order valence-electron chi connectivity index (χ4n) is 1.71. The van der Waals surface area contributed by atoms with Crippen molar-refractivity contribution in [2.24, 2.45) is 0 Å². The summed E-state index contributed by atoms with van der Waals surface area (Å²) in [7, 11) is -2.75. The lowest BCUT2D eigenvalue weighted by Crippen LogP contribution is -2.30. The van der Waals surface area contributed by atoms with E-state index in [-0.39, 0.29) is 23.4 Å². The third-order valence-electron chi connectivity index (χ3n) is 3.07. The molecule has 0 aliphatic rings. The van der Waals surface area contributed by atoms with Gasteiger partial charge in [0, 0.05) is 13.6 Å². The van der Waals surface area contributed by atoms with E-state index in [0.29, 0.717) is 6.07 Å². The highest BCUT2D eigenvalue weighted by Crippen LogP contribution is 2.32. The van der Waals surface area contributed by atoms with E-state index in [4.69, 9.17) is 0 Å². The molecule has 120 valence electrons. The molecule has 21 heavy (non-hydrogen) atoms. The van der Waals surface area contributed by atoms with Gasteiger partial charge in [0.05, 0.1) is 16.6 Å². The molecule has 0 aromatic heterocycles. The van der Waals surface area contributed by atoms with E-state index in [1.165, 1.54) is 20.9 Å². The molecular weight excluding hydrogens is 307 g/mol. The summed E-state index contributed by atoms with van der Waals surface area (Å²) in [6.45, 7) is 2.97. The summed E-state index contributed by atoms with van der Waals surface area (Å²) in [5, 5.41) is 9.17. The van der Waals surface area contributed by atoms with Crippen LogP contribution >= 0.6 is 0 Å². The van der Waals surface area contributed by atoms with Crippen LogP contribution in [-0.2, 0) is 16.2 Å². The van der Waals surface area contributed by atoms with Crippen molar-refractivity contribution in [3.63, 3.8) is 0 Å². The predicted molar refractivity (Wildman–Crippen MR) is 72.3 cm³/mol. The molecule has 1 unspecified atom stereocenters. The standard InChI is InChI=1S/C13H18F3NO3S/c1-9-4-5-11(13(14,15)16)8-12(9)21(19,20)17(3)7-6-10(2)18/h4-5,8,10,18H,6-7H2,1-3H3. The highest BCUT2D eigenvalue weighted by molar-refractivity contribution is 7.89. The number of sulfonamides is 1. The summed E-state index contributed by atoms with van der Waals surface area (Å²) >= 11 is 0. The Kier molecular flexibility index (Phi) is 5.40. The van der Waals surface area contributed by atoms with Gasteiger partial charge in [0.1, 0.15) is 0 Å². The SMILES string of the molecule is Cc1ccc(C(F)(F)F)cc1S(=O)(=O)N(C)CCC(C)O. The van der Waals surface area contributed by atoms with E-state index in [0.717, 1.165) is 16.4 Å². The number of aryl methyl sites for hydroxylation is 1. The Morgan fingerprint density at radius 3 is 2.38 bits per heavy atom. The first kappa shape index (κ1) is 17.9. The summed E-state index contributed by atoms with van der Waals surface area (Å²) in [6.07, 6.45) is -5.09.